The molecule has 1 atom stereocenters. The van der Waals surface area contributed by atoms with Gasteiger partial charge in [0, 0.05) is 11.9 Å². The maximum atomic E-state index is 15.3. The van der Waals surface area contributed by atoms with Gasteiger partial charge in [0.25, 0.3) is 5.91 Å². The number of carbonyl (C=O) groups is 1. The van der Waals surface area contributed by atoms with Gasteiger partial charge in [0.2, 0.25) is 0 Å². The fourth-order valence-corrected chi connectivity index (χ4v) is 5.36. The third kappa shape index (κ3) is 4.40. The molecule has 2 aromatic carbocycles. The summed E-state index contributed by atoms with van der Waals surface area (Å²) >= 11 is 0. The zero-order valence-corrected chi connectivity index (χ0v) is 16.9. The number of likely N-dealkylation sites (tertiary alicyclic amines) is 1. The van der Waals surface area contributed by atoms with Crippen molar-refractivity contribution in [2.45, 2.75) is 19.0 Å². The Morgan fingerprint density at radius 2 is 1.97 bits per heavy atom. The number of anilines is 1. The number of phenolic OH excluding ortho intramolecular Hbond substituents is 1. The minimum Gasteiger partial charge on any atom is -0.506 e. The molecule has 0 aliphatic carbocycles. The lowest BCUT2D eigenvalue weighted by Gasteiger charge is -2.19. The second kappa shape index (κ2) is 7.52. The molecular formula is C19H19F4N3O4S. The van der Waals surface area contributed by atoms with Crippen molar-refractivity contribution in [2.75, 3.05) is 30.5 Å². The Bertz CT molecular complexity index is 1150. The van der Waals surface area contributed by atoms with Crippen molar-refractivity contribution in [2.24, 2.45) is 5.92 Å². The molecule has 12 heteroatoms. The first-order valence-electron chi connectivity index (χ1n) is 9.49. The molecule has 31 heavy (non-hydrogen) atoms. The Balaban J connectivity index is 1.61. The van der Waals surface area contributed by atoms with Gasteiger partial charge in [0.05, 0.1) is 6.54 Å². The summed E-state index contributed by atoms with van der Waals surface area (Å²) < 4.78 is 79.3. The number of fused-ring (bicyclic) bond motifs is 1. The van der Waals surface area contributed by atoms with Crippen molar-refractivity contribution in [3.63, 3.8) is 0 Å². The highest BCUT2D eigenvalue weighted by atomic mass is 32.2. The maximum absolute atomic E-state index is 15.3. The largest absolute Gasteiger partial charge is 0.506 e. The predicted molar refractivity (Wildman–Crippen MR) is 104 cm³/mol. The summed E-state index contributed by atoms with van der Waals surface area (Å²) in [5.74, 6) is -2.50. The van der Waals surface area contributed by atoms with Crippen LogP contribution < -0.4 is 9.03 Å². The van der Waals surface area contributed by atoms with Crippen LogP contribution in [0.5, 0.6) is 5.75 Å². The molecule has 0 radical (unpaired) electrons. The summed E-state index contributed by atoms with van der Waals surface area (Å²) in [6.45, 7) is -1.01. The summed E-state index contributed by atoms with van der Waals surface area (Å²) in [6, 6.07) is 5.96. The number of nitrogens with one attached hydrogen (secondary N) is 1. The molecule has 7 nitrogen and oxygen atoms in total. The van der Waals surface area contributed by atoms with E-state index < -0.39 is 52.6 Å². The van der Waals surface area contributed by atoms with Crippen molar-refractivity contribution in [1.82, 2.24) is 9.62 Å². The molecule has 0 aromatic heterocycles. The minimum atomic E-state index is -4.32. The molecule has 2 aromatic rings. The maximum Gasteiger partial charge on any atom is 0.401 e. The molecule has 2 aliphatic heterocycles. The fourth-order valence-electron chi connectivity index (χ4n) is 4.20. The van der Waals surface area contributed by atoms with Crippen LogP contribution in [-0.2, 0) is 21.4 Å². The third-order valence-corrected chi connectivity index (χ3v) is 6.84. The number of amides is 1. The number of nitrogens with zero attached hydrogens (tertiary/aromatic N) is 2. The minimum absolute atomic E-state index is 0.0276. The topological polar surface area (TPSA) is 90.0 Å². The highest BCUT2D eigenvalue weighted by Gasteiger charge is 2.38. The van der Waals surface area contributed by atoms with Crippen LogP contribution in [0.1, 0.15) is 12.0 Å². The molecule has 4 rings (SSSR count). The third-order valence-electron chi connectivity index (χ3n) is 5.46. The summed E-state index contributed by atoms with van der Waals surface area (Å²) in [5.41, 5.74) is 0.0561. The number of hydrogen-bond acceptors (Lipinski definition) is 5. The molecule has 2 fully saturated rings. The lowest BCUT2D eigenvalue weighted by Crippen LogP contribution is -2.32. The zero-order chi connectivity index (χ0) is 22.6. The number of carbonyl (C=O) groups excluding carboxylic acids is 1. The van der Waals surface area contributed by atoms with E-state index in [4.69, 9.17) is 0 Å². The van der Waals surface area contributed by atoms with Gasteiger partial charge in [-0.3, -0.25) is 9.69 Å². The van der Waals surface area contributed by atoms with Crippen molar-refractivity contribution in [1.29, 1.82) is 0 Å². The van der Waals surface area contributed by atoms with Gasteiger partial charge in [0.15, 0.2) is 5.82 Å². The normalized spacial score (nSPS) is 21.7. The number of hydrogen-bond donors (Lipinski definition) is 2. The van der Waals surface area contributed by atoms with E-state index in [1.165, 1.54) is 17.0 Å². The van der Waals surface area contributed by atoms with Crippen LogP contribution >= 0.6 is 0 Å². The molecular weight excluding hydrogens is 442 g/mol. The van der Waals surface area contributed by atoms with Gasteiger partial charge in [-0.2, -0.15) is 21.6 Å². The van der Waals surface area contributed by atoms with Gasteiger partial charge in [-0.1, -0.05) is 12.1 Å². The Kier molecular flexibility index (Phi) is 5.24. The van der Waals surface area contributed by atoms with Crippen molar-refractivity contribution in [3.8, 4) is 5.75 Å². The van der Waals surface area contributed by atoms with Crippen molar-refractivity contribution in [3.05, 3.63) is 35.6 Å². The SMILES string of the molecule is O=C1CN(c2c(O)cc3ccc(CC4CCN(CC(F)(F)F)C4)cc3c2F)S(=O)(=O)N1. The van der Waals surface area contributed by atoms with E-state index in [9.17, 15) is 31.5 Å². The number of benzene rings is 2. The number of rotatable bonds is 4. The Hall–Kier alpha value is -2.60. The van der Waals surface area contributed by atoms with Gasteiger partial charge in [0.1, 0.15) is 18.0 Å². The van der Waals surface area contributed by atoms with E-state index in [-0.39, 0.29) is 17.8 Å². The van der Waals surface area contributed by atoms with Crippen LogP contribution in [0.15, 0.2) is 24.3 Å². The number of phenols is 1. The van der Waals surface area contributed by atoms with Crippen LogP contribution in [0.4, 0.5) is 23.2 Å². The van der Waals surface area contributed by atoms with Crippen LogP contribution in [0, 0.1) is 11.7 Å². The molecule has 0 bridgehead atoms. The summed E-state index contributed by atoms with van der Waals surface area (Å²) in [5, 5.41) is 10.6. The van der Waals surface area contributed by atoms with Gasteiger partial charge in [-0.15, -0.1) is 0 Å². The molecule has 0 spiro atoms. The van der Waals surface area contributed by atoms with E-state index in [0.29, 0.717) is 34.6 Å². The van der Waals surface area contributed by atoms with E-state index in [0.717, 1.165) is 0 Å². The monoisotopic (exact) mass is 461 g/mol. The van der Waals surface area contributed by atoms with Crippen LogP contribution in [0.25, 0.3) is 10.8 Å². The van der Waals surface area contributed by atoms with Crippen molar-refractivity contribution < 1.29 is 35.9 Å². The smallest absolute Gasteiger partial charge is 0.401 e. The highest BCUT2D eigenvalue weighted by Crippen LogP contribution is 2.39. The Labute approximate surface area is 175 Å². The number of alkyl halides is 3. The lowest BCUT2D eigenvalue weighted by molar-refractivity contribution is -0.143. The summed E-state index contributed by atoms with van der Waals surface area (Å²) in [7, 11) is -4.32. The Morgan fingerprint density at radius 3 is 2.61 bits per heavy atom. The van der Waals surface area contributed by atoms with E-state index in [1.54, 1.807) is 16.9 Å². The standard InChI is InChI=1S/C19H19F4N3O4S/c20-17-14-6-11(5-12-3-4-25(8-12)10-19(21,22)23)1-2-13(14)7-15(27)18(17)26-9-16(28)24-31(26,29)30/h1-2,6-7,12,27H,3-5,8-10H2,(H,24,28). The molecule has 2 N–H and O–H groups in total. The lowest BCUT2D eigenvalue weighted by atomic mass is 9.96. The van der Waals surface area contributed by atoms with Crippen molar-refractivity contribution >= 4 is 32.6 Å². The second-order valence-electron chi connectivity index (χ2n) is 7.86. The molecule has 168 valence electrons. The predicted octanol–water partition coefficient (Wildman–Crippen LogP) is 2.29. The zero-order valence-electron chi connectivity index (χ0n) is 16.1. The molecule has 1 amide bonds. The molecule has 2 heterocycles. The molecule has 2 saturated heterocycles. The molecule has 2 aliphatic rings. The van der Waals surface area contributed by atoms with Gasteiger partial charge >= 0.3 is 16.4 Å². The second-order valence-corrected chi connectivity index (χ2v) is 9.45. The van der Waals surface area contributed by atoms with Gasteiger partial charge in [-0.25, -0.2) is 13.4 Å². The van der Waals surface area contributed by atoms with Gasteiger partial charge < -0.3 is 5.11 Å². The summed E-state index contributed by atoms with van der Waals surface area (Å²) in [4.78, 5) is 12.8. The first kappa shape index (κ1) is 21.6. The molecule has 1 unspecified atom stereocenters. The average Bonchev–Trinajstić information content (AvgIpc) is 3.16. The van der Waals surface area contributed by atoms with Gasteiger partial charge in [-0.05, 0) is 48.4 Å². The Morgan fingerprint density at radius 1 is 1.23 bits per heavy atom. The first-order chi connectivity index (χ1) is 14.4. The first-order valence-corrected chi connectivity index (χ1v) is 10.9. The number of aromatic hydroxyl groups is 1. The van der Waals surface area contributed by atoms with Crippen LogP contribution in [0.3, 0.4) is 0 Å². The number of halogens is 4. The van der Waals surface area contributed by atoms with E-state index in [2.05, 4.69) is 0 Å². The highest BCUT2D eigenvalue weighted by molar-refractivity contribution is 7.92. The van der Waals surface area contributed by atoms with E-state index >= 15 is 4.39 Å². The average molecular weight is 461 g/mol. The van der Waals surface area contributed by atoms with Crippen LogP contribution in [-0.4, -0.2) is 56.7 Å². The quantitative estimate of drug-likeness (QED) is 0.682. The molecule has 0 saturated carbocycles. The van der Waals surface area contributed by atoms with Crippen LogP contribution in [0.2, 0.25) is 0 Å². The van der Waals surface area contributed by atoms with E-state index in [1.807, 2.05) is 0 Å². The fraction of sp³-hybridized carbons (Fsp3) is 0.421. The summed E-state index contributed by atoms with van der Waals surface area (Å²) in [6.07, 6.45) is -3.25.